The number of aromatic nitrogens is 2. The van der Waals surface area contributed by atoms with Crippen molar-refractivity contribution >= 4 is 59.2 Å². The van der Waals surface area contributed by atoms with Crippen molar-refractivity contribution in [3.8, 4) is 11.8 Å². The summed E-state index contributed by atoms with van der Waals surface area (Å²) in [5.41, 5.74) is 1.46. The van der Waals surface area contributed by atoms with Gasteiger partial charge in [0.25, 0.3) is 0 Å². The van der Waals surface area contributed by atoms with Crippen molar-refractivity contribution in [2.45, 2.75) is 0 Å². The summed E-state index contributed by atoms with van der Waals surface area (Å²) in [6.45, 7) is 0. The van der Waals surface area contributed by atoms with Gasteiger partial charge in [-0.05, 0) is 12.1 Å². The van der Waals surface area contributed by atoms with E-state index in [2.05, 4.69) is 22.6 Å². The number of carbonyl (C=O) groups is 1. The minimum absolute atomic E-state index is 0. The molecule has 2 rings (SSSR count). The molecule has 0 amide bonds. The first-order valence-electron chi connectivity index (χ1n) is 4.58. The van der Waals surface area contributed by atoms with Gasteiger partial charge in [0.05, 0.1) is 23.9 Å². The fourth-order valence-corrected chi connectivity index (χ4v) is 1.34. The molecule has 0 saturated heterocycles. The van der Waals surface area contributed by atoms with Crippen LogP contribution in [-0.2, 0) is 4.79 Å². The Balaban J connectivity index is 0.00000144. The predicted octanol–water partition coefficient (Wildman–Crippen LogP) is 0.758. The van der Waals surface area contributed by atoms with Gasteiger partial charge in [-0.1, -0.05) is 0 Å². The molecule has 86 valence electrons. The molecule has 17 heavy (non-hydrogen) atoms. The van der Waals surface area contributed by atoms with Gasteiger partial charge in [0.15, 0.2) is 0 Å². The van der Waals surface area contributed by atoms with Crippen molar-refractivity contribution in [2.75, 3.05) is 12.9 Å². The van der Waals surface area contributed by atoms with Crippen molar-refractivity contribution < 1.29 is 14.3 Å². The molecule has 0 aliphatic rings. The first-order valence-corrected chi connectivity index (χ1v) is 5.21. The zero-order valence-electron chi connectivity index (χ0n) is 8.56. The van der Waals surface area contributed by atoms with Crippen LogP contribution >= 0.6 is 12.6 Å². The number of fused-ring (bicyclic) bond motifs is 1. The fourth-order valence-electron chi connectivity index (χ4n) is 1.28. The molecule has 0 bridgehead atoms. The molecule has 1 aromatic carbocycles. The number of rotatable bonds is 3. The molecule has 0 aliphatic carbocycles. The van der Waals surface area contributed by atoms with Crippen LogP contribution in [0.15, 0.2) is 18.2 Å². The first-order chi connectivity index (χ1) is 7.72. The number of ether oxygens (including phenoxy) is 2. The van der Waals surface area contributed by atoms with Crippen molar-refractivity contribution in [3.63, 3.8) is 0 Å². The number of H-pyrrole nitrogens is 1. The van der Waals surface area contributed by atoms with Gasteiger partial charge >= 0.3 is 41.5 Å². The van der Waals surface area contributed by atoms with Gasteiger partial charge < -0.3 is 14.5 Å². The molecule has 1 aromatic heterocycles. The average molecular weight is 262 g/mol. The summed E-state index contributed by atoms with van der Waals surface area (Å²) in [5, 5.41) is 0. The van der Waals surface area contributed by atoms with Crippen molar-refractivity contribution in [3.05, 3.63) is 18.2 Å². The number of nitrogens with one attached hydrogen (secondary N) is 1. The third kappa shape index (κ3) is 3.38. The molecule has 2 aromatic rings. The summed E-state index contributed by atoms with van der Waals surface area (Å²) in [4.78, 5) is 18.0. The number of methoxy groups -OCH3 is 1. The molecule has 1 N–H and O–H groups in total. The summed E-state index contributed by atoms with van der Waals surface area (Å²) < 4.78 is 9.96. The third-order valence-electron chi connectivity index (χ3n) is 2.01. The second-order valence-electron chi connectivity index (χ2n) is 3.06. The van der Waals surface area contributed by atoms with Crippen LogP contribution in [0.1, 0.15) is 0 Å². The van der Waals surface area contributed by atoms with E-state index in [1.807, 2.05) is 0 Å². The number of imidazole rings is 1. The summed E-state index contributed by atoms with van der Waals surface area (Å²) in [7, 11) is 1.58. The minimum atomic E-state index is -0.450. The molecule has 5 nitrogen and oxygen atoms in total. The Morgan fingerprint density at radius 2 is 2.29 bits per heavy atom. The van der Waals surface area contributed by atoms with Crippen molar-refractivity contribution in [1.29, 1.82) is 0 Å². The molecule has 7 heteroatoms. The Hall–Kier alpha value is -0.690. The number of esters is 1. The number of thiol groups is 1. The monoisotopic (exact) mass is 262 g/mol. The van der Waals surface area contributed by atoms with E-state index in [1.54, 1.807) is 25.3 Å². The van der Waals surface area contributed by atoms with E-state index in [0.29, 0.717) is 11.3 Å². The van der Waals surface area contributed by atoms with Gasteiger partial charge in [-0.3, -0.25) is 4.79 Å². The molecule has 0 fully saturated rings. The zero-order chi connectivity index (χ0) is 11.5. The van der Waals surface area contributed by atoms with E-state index >= 15 is 0 Å². The quantitative estimate of drug-likeness (QED) is 0.487. The number of carbonyl (C=O) groups excluding carboxylic acids is 1. The van der Waals surface area contributed by atoms with E-state index in [0.717, 1.165) is 5.52 Å². The number of aromatic amines is 1. The first kappa shape index (κ1) is 14.4. The number of hydrogen-bond acceptors (Lipinski definition) is 5. The average Bonchev–Trinajstić information content (AvgIpc) is 2.69. The molecule has 0 spiro atoms. The van der Waals surface area contributed by atoms with Gasteiger partial charge in [-0.25, -0.2) is 0 Å². The maximum absolute atomic E-state index is 11.0. The Morgan fingerprint density at radius 1 is 1.53 bits per heavy atom. The van der Waals surface area contributed by atoms with E-state index in [1.165, 1.54) is 0 Å². The number of nitrogens with zero attached hydrogens (tertiary/aromatic N) is 1. The van der Waals surface area contributed by atoms with Crippen molar-refractivity contribution in [2.24, 2.45) is 0 Å². The Labute approximate surface area is 126 Å². The fraction of sp³-hybridized carbons (Fsp3) is 0.200. The van der Waals surface area contributed by atoms with E-state index in [4.69, 9.17) is 9.47 Å². The Morgan fingerprint density at radius 3 is 2.94 bits per heavy atom. The molecular formula is C10H11N2NaO3S. The summed E-state index contributed by atoms with van der Waals surface area (Å²) in [5.74, 6) is 0.265. The molecular weight excluding hydrogens is 251 g/mol. The van der Waals surface area contributed by atoms with Crippen LogP contribution in [0.2, 0.25) is 0 Å². The van der Waals surface area contributed by atoms with E-state index < -0.39 is 5.97 Å². The van der Waals surface area contributed by atoms with Crippen LogP contribution < -0.4 is 9.47 Å². The summed E-state index contributed by atoms with van der Waals surface area (Å²) in [6, 6.07) is 5.52. The predicted molar refractivity (Wildman–Crippen MR) is 69.3 cm³/mol. The van der Waals surface area contributed by atoms with Gasteiger partial charge in [0.2, 0.25) is 0 Å². The van der Waals surface area contributed by atoms with Crippen LogP contribution in [0, 0.1) is 0 Å². The SMILES string of the molecule is COc1ccc2[nH]c(OC(=O)CS)nc2c1.[NaH]. The topological polar surface area (TPSA) is 64.2 Å². The molecule has 0 atom stereocenters. The third-order valence-corrected chi connectivity index (χ3v) is 2.27. The standard InChI is InChI=1S/C10H10N2O3S.Na.H/c1-14-6-2-3-7-8(4-6)12-10(11-7)15-9(13)5-16;;/h2-4,16H,5H2,1H3,(H,11,12);;. The Kier molecular flexibility index (Phi) is 5.32. The van der Waals surface area contributed by atoms with Crippen LogP contribution in [0.3, 0.4) is 0 Å². The number of benzene rings is 1. The molecule has 0 radical (unpaired) electrons. The van der Waals surface area contributed by atoms with Crippen molar-refractivity contribution in [1.82, 2.24) is 9.97 Å². The van der Waals surface area contributed by atoms with Gasteiger partial charge in [-0.15, -0.1) is 0 Å². The second kappa shape index (κ2) is 6.30. The Bertz CT molecular complexity index is 529. The van der Waals surface area contributed by atoms with E-state index in [-0.39, 0.29) is 41.3 Å². The van der Waals surface area contributed by atoms with Gasteiger partial charge in [-0.2, -0.15) is 17.6 Å². The van der Waals surface area contributed by atoms with Crippen LogP contribution in [0.5, 0.6) is 11.8 Å². The van der Waals surface area contributed by atoms with Crippen LogP contribution in [-0.4, -0.2) is 58.4 Å². The number of hydrogen-bond donors (Lipinski definition) is 2. The van der Waals surface area contributed by atoms with Crippen LogP contribution in [0.25, 0.3) is 11.0 Å². The molecule has 0 saturated carbocycles. The zero-order valence-corrected chi connectivity index (χ0v) is 9.45. The van der Waals surface area contributed by atoms with Crippen LogP contribution in [0.4, 0.5) is 0 Å². The van der Waals surface area contributed by atoms with Gasteiger partial charge in [0.1, 0.15) is 5.75 Å². The van der Waals surface area contributed by atoms with Gasteiger partial charge in [0, 0.05) is 6.07 Å². The molecule has 0 unspecified atom stereocenters. The normalized spacial score (nSPS) is 9.76. The second-order valence-corrected chi connectivity index (χ2v) is 3.37. The summed E-state index contributed by atoms with van der Waals surface area (Å²) in [6.07, 6.45) is 0. The molecule has 0 aliphatic heterocycles. The summed E-state index contributed by atoms with van der Waals surface area (Å²) >= 11 is 3.80. The maximum atomic E-state index is 11.0. The van der Waals surface area contributed by atoms with E-state index in [9.17, 15) is 4.79 Å². The molecule has 1 heterocycles.